The molecule has 1 aromatic rings. The van der Waals surface area contributed by atoms with Crippen LogP contribution >= 0.6 is 11.8 Å². The predicted molar refractivity (Wildman–Crippen MR) is 66.0 cm³/mol. The molecular weight excluding hydrogens is 222 g/mol. The van der Waals surface area contributed by atoms with Gasteiger partial charge in [-0.15, -0.1) is 11.8 Å². The van der Waals surface area contributed by atoms with Gasteiger partial charge in [0.25, 0.3) is 0 Å². The molecule has 1 fully saturated rings. The van der Waals surface area contributed by atoms with Crippen LogP contribution in [0.1, 0.15) is 12.8 Å². The lowest BCUT2D eigenvalue weighted by Gasteiger charge is -2.35. The molecule has 0 heterocycles. The summed E-state index contributed by atoms with van der Waals surface area (Å²) >= 11 is 1.67. The normalized spacial score (nSPS) is 23.6. The first-order valence-corrected chi connectivity index (χ1v) is 6.57. The molecule has 1 aromatic carbocycles. The van der Waals surface area contributed by atoms with Crippen molar-refractivity contribution in [1.29, 1.82) is 0 Å². The molecule has 2 atom stereocenters. The molecular formula is C12H15NO2S. The van der Waals surface area contributed by atoms with Crippen molar-refractivity contribution in [3.05, 3.63) is 24.3 Å². The number of nitrogens with one attached hydrogen (secondary N) is 1. The van der Waals surface area contributed by atoms with Crippen molar-refractivity contribution in [3.63, 3.8) is 0 Å². The van der Waals surface area contributed by atoms with Crippen LogP contribution in [0.15, 0.2) is 29.2 Å². The third kappa shape index (κ3) is 2.16. The molecule has 0 radical (unpaired) electrons. The fourth-order valence-electron chi connectivity index (χ4n) is 1.93. The molecule has 16 heavy (non-hydrogen) atoms. The molecule has 0 bridgehead atoms. The molecule has 86 valence electrons. The van der Waals surface area contributed by atoms with Gasteiger partial charge >= 0.3 is 5.97 Å². The lowest BCUT2D eigenvalue weighted by molar-refractivity contribution is -0.144. The van der Waals surface area contributed by atoms with Crippen molar-refractivity contribution >= 4 is 23.4 Å². The Balaban J connectivity index is 2.06. The highest BCUT2D eigenvalue weighted by molar-refractivity contribution is 7.98. The number of anilines is 1. The molecule has 4 heteroatoms. The lowest BCUT2D eigenvalue weighted by Crippen LogP contribution is -2.43. The van der Waals surface area contributed by atoms with Gasteiger partial charge in [0.2, 0.25) is 0 Å². The fourth-order valence-corrected chi connectivity index (χ4v) is 2.49. The van der Waals surface area contributed by atoms with Gasteiger partial charge in [0.05, 0.1) is 5.92 Å². The molecule has 1 aliphatic carbocycles. The van der Waals surface area contributed by atoms with E-state index in [9.17, 15) is 4.79 Å². The molecule has 3 nitrogen and oxygen atoms in total. The number of carboxylic acid groups (broad SMARTS) is 1. The van der Waals surface area contributed by atoms with Crippen molar-refractivity contribution in [1.82, 2.24) is 0 Å². The van der Waals surface area contributed by atoms with Gasteiger partial charge in [-0.2, -0.15) is 0 Å². The minimum Gasteiger partial charge on any atom is -0.481 e. The van der Waals surface area contributed by atoms with Gasteiger partial charge in [0, 0.05) is 16.6 Å². The molecule has 0 spiro atoms. The van der Waals surface area contributed by atoms with Gasteiger partial charge in [0.15, 0.2) is 0 Å². The Morgan fingerprint density at radius 3 is 2.75 bits per heavy atom. The zero-order chi connectivity index (χ0) is 11.5. The SMILES string of the molecule is CSc1ccccc1NC1CCC1C(=O)O. The number of benzene rings is 1. The van der Waals surface area contributed by atoms with Crippen LogP contribution in [0.5, 0.6) is 0 Å². The van der Waals surface area contributed by atoms with Crippen LogP contribution in [0.3, 0.4) is 0 Å². The van der Waals surface area contributed by atoms with Crippen LogP contribution in [-0.2, 0) is 4.79 Å². The van der Waals surface area contributed by atoms with E-state index in [4.69, 9.17) is 5.11 Å². The van der Waals surface area contributed by atoms with Gasteiger partial charge in [0.1, 0.15) is 0 Å². The first-order valence-electron chi connectivity index (χ1n) is 5.34. The average Bonchev–Trinajstić information content (AvgIpc) is 2.24. The lowest BCUT2D eigenvalue weighted by atomic mass is 9.79. The molecule has 2 N–H and O–H groups in total. The van der Waals surface area contributed by atoms with Crippen molar-refractivity contribution in [2.24, 2.45) is 5.92 Å². The molecule has 0 saturated heterocycles. The van der Waals surface area contributed by atoms with Crippen LogP contribution < -0.4 is 5.32 Å². The molecule has 0 aromatic heterocycles. The third-order valence-corrected chi connectivity index (χ3v) is 3.84. The number of thioether (sulfide) groups is 1. The summed E-state index contributed by atoms with van der Waals surface area (Å²) in [7, 11) is 0. The van der Waals surface area contributed by atoms with Crippen LogP contribution in [0.2, 0.25) is 0 Å². The van der Waals surface area contributed by atoms with Crippen molar-refractivity contribution in [2.75, 3.05) is 11.6 Å². The van der Waals surface area contributed by atoms with Gasteiger partial charge in [-0.05, 0) is 31.2 Å². The number of aliphatic carboxylic acids is 1. The van der Waals surface area contributed by atoms with E-state index in [2.05, 4.69) is 5.32 Å². The van der Waals surface area contributed by atoms with Crippen LogP contribution in [0.25, 0.3) is 0 Å². The van der Waals surface area contributed by atoms with E-state index in [0.29, 0.717) is 0 Å². The summed E-state index contributed by atoms with van der Waals surface area (Å²) in [6.07, 6.45) is 3.75. The number of hydrogen-bond donors (Lipinski definition) is 2. The summed E-state index contributed by atoms with van der Waals surface area (Å²) < 4.78 is 0. The van der Waals surface area contributed by atoms with Gasteiger partial charge in [-0.1, -0.05) is 12.1 Å². The summed E-state index contributed by atoms with van der Waals surface area (Å²) in [5.74, 6) is -0.916. The van der Waals surface area contributed by atoms with Gasteiger partial charge in [-0.3, -0.25) is 4.79 Å². The fraction of sp³-hybridized carbons (Fsp3) is 0.417. The second-order valence-corrected chi connectivity index (χ2v) is 4.82. The second kappa shape index (κ2) is 4.78. The Hall–Kier alpha value is -1.16. The van der Waals surface area contributed by atoms with E-state index in [-0.39, 0.29) is 12.0 Å². The summed E-state index contributed by atoms with van der Waals surface area (Å²) in [6.45, 7) is 0. The maximum atomic E-state index is 10.9. The first kappa shape index (κ1) is 11.3. The van der Waals surface area contributed by atoms with Crippen LogP contribution in [0, 0.1) is 5.92 Å². The number of carboxylic acids is 1. The number of hydrogen-bond acceptors (Lipinski definition) is 3. The largest absolute Gasteiger partial charge is 0.481 e. The van der Waals surface area contributed by atoms with E-state index in [1.54, 1.807) is 11.8 Å². The third-order valence-electron chi connectivity index (χ3n) is 3.04. The Labute approximate surface area is 99.2 Å². The summed E-state index contributed by atoms with van der Waals surface area (Å²) in [4.78, 5) is 12.1. The Kier molecular flexibility index (Phi) is 3.39. The summed E-state index contributed by atoms with van der Waals surface area (Å²) in [5.41, 5.74) is 1.05. The average molecular weight is 237 g/mol. The van der Waals surface area contributed by atoms with E-state index in [0.717, 1.165) is 18.5 Å². The number of carbonyl (C=O) groups is 1. The highest BCUT2D eigenvalue weighted by atomic mass is 32.2. The first-order chi connectivity index (χ1) is 7.72. The second-order valence-electron chi connectivity index (χ2n) is 3.97. The van der Waals surface area contributed by atoms with Crippen molar-refractivity contribution in [3.8, 4) is 0 Å². The molecule has 0 aliphatic heterocycles. The zero-order valence-corrected chi connectivity index (χ0v) is 9.96. The van der Waals surface area contributed by atoms with Gasteiger partial charge < -0.3 is 10.4 Å². The standard InChI is InChI=1S/C12H15NO2S/c1-16-11-5-3-2-4-10(11)13-9-7-6-8(9)12(14)15/h2-5,8-9,13H,6-7H2,1H3,(H,14,15). The maximum absolute atomic E-state index is 10.9. The maximum Gasteiger partial charge on any atom is 0.308 e. The highest BCUT2D eigenvalue weighted by Gasteiger charge is 2.36. The Morgan fingerprint density at radius 1 is 1.44 bits per heavy atom. The van der Waals surface area contributed by atoms with Crippen LogP contribution in [0.4, 0.5) is 5.69 Å². The Bertz CT molecular complexity index is 394. The van der Waals surface area contributed by atoms with E-state index >= 15 is 0 Å². The minimum atomic E-state index is -0.689. The highest BCUT2D eigenvalue weighted by Crippen LogP contribution is 2.33. The van der Waals surface area contributed by atoms with Crippen molar-refractivity contribution in [2.45, 2.75) is 23.8 Å². The minimum absolute atomic E-state index is 0.0887. The molecule has 2 unspecified atom stereocenters. The number of rotatable bonds is 4. The quantitative estimate of drug-likeness (QED) is 0.790. The molecule has 0 amide bonds. The summed E-state index contributed by atoms with van der Waals surface area (Å²) in [6, 6.07) is 8.10. The van der Waals surface area contributed by atoms with Crippen LogP contribution in [-0.4, -0.2) is 23.4 Å². The topological polar surface area (TPSA) is 49.3 Å². The molecule has 1 saturated carbocycles. The predicted octanol–water partition coefficient (Wildman–Crippen LogP) is 2.68. The van der Waals surface area contributed by atoms with Crippen molar-refractivity contribution < 1.29 is 9.90 Å². The van der Waals surface area contributed by atoms with E-state index in [1.807, 2.05) is 30.5 Å². The molecule has 1 aliphatic rings. The summed E-state index contributed by atoms with van der Waals surface area (Å²) in [5, 5.41) is 12.3. The number of para-hydroxylation sites is 1. The smallest absolute Gasteiger partial charge is 0.308 e. The Morgan fingerprint density at radius 2 is 2.19 bits per heavy atom. The van der Waals surface area contributed by atoms with Gasteiger partial charge in [-0.25, -0.2) is 0 Å². The van der Waals surface area contributed by atoms with E-state index in [1.165, 1.54) is 4.90 Å². The molecule has 2 rings (SSSR count). The van der Waals surface area contributed by atoms with E-state index < -0.39 is 5.97 Å². The monoisotopic (exact) mass is 237 g/mol. The zero-order valence-electron chi connectivity index (χ0n) is 9.14.